The fraction of sp³-hybridized carbons (Fsp3) is 0.400. The Bertz CT molecular complexity index is 1260. The molecule has 0 N–H and O–H groups in total. The lowest BCUT2D eigenvalue weighted by Gasteiger charge is -2.30. The molecule has 5 rings (SSSR count). The van der Waals surface area contributed by atoms with Crippen LogP contribution in [0.5, 0.6) is 6.01 Å². The highest BCUT2D eigenvalue weighted by Gasteiger charge is 2.21. The van der Waals surface area contributed by atoms with Crippen LogP contribution in [-0.2, 0) is 4.74 Å². The molecule has 2 unspecified atom stereocenters. The predicted octanol–water partition coefficient (Wildman–Crippen LogP) is 3.66. The van der Waals surface area contributed by atoms with Crippen molar-refractivity contribution in [1.29, 1.82) is 5.26 Å². The molecular formula is C25H26N6O2S. The maximum absolute atomic E-state index is 9.85. The molecule has 0 saturated carbocycles. The quantitative estimate of drug-likeness (QED) is 0.512. The van der Waals surface area contributed by atoms with Gasteiger partial charge in [-0.3, -0.25) is 4.90 Å². The highest BCUT2D eigenvalue weighted by Crippen LogP contribution is 2.30. The molecule has 3 aromatic heterocycles. The second-order valence-corrected chi connectivity index (χ2v) is 9.50. The van der Waals surface area contributed by atoms with Gasteiger partial charge in [-0.2, -0.15) is 10.2 Å². The van der Waals surface area contributed by atoms with Crippen LogP contribution in [0.1, 0.15) is 28.7 Å². The normalized spacial score (nSPS) is 19.5. The third-order valence-electron chi connectivity index (χ3n) is 5.97. The second kappa shape index (κ2) is 10.4. The molecule has 3 aromatic rings. The van der Waals surface area contributed by atoms with Crippen molar-refractivity contribution in [2.45, 2.75) is 19.3 Å². The van der Waals surface area contributed by atoms with Gasteiger partial charge in [0, 0.05) is 31.5 Å². The van der Waals surface area contributed by atoms with Gasteiger partial charge >= 0.3 is 6.01 Å². The summed E-state index contributed by atoms with van der Waals surface area (Å²) in [4.78, 5) is 21.1. The Morgan fingerprint density at radius 2 is 2.12 bits per heavy atom. The number of rotatable bonds is 7. The van der Waals surface area contributed by atoms with E-state index in [-0.39, 0.29) is 6.01 Å². The zero-order valence-electron chi connectivity index (χ0n) is 19.1. The molecule has 2 aliphatic rings. The van der Waals surface area contributed by atoms with Gasteiger partial charge in [0.1, 0.15) is 27.9 Å². The highest BCUT2D eigenvalue weighted by atomic mass is 32.1. The van der Waals surface area contributed by atoms with Crippen molar-refractivity contribution >= 4 is 21.7 Å². The van der Waals surface area contributed by atoms with Crippen LogP contribution in [0, 0.1) is 24.2 Å². The molecule has 0 bridgehead atoms. The first kappa shape index (κ1) is 22.6. The fourth-order valence-corrected chi connectivity index (χ4v) is 5.14. The number of nitriles is 1. The zero-order valence-corrected chi connectivity index (χ0v) is 19.9. The largest absolute Gasteiger partial charge is 0.459 e. The Hall–Kier alpha value is -3.19. The third-order valence-corrected chi connectivity index (χ3v) is 7.00. The summed E-state index contributed by atoms with van der Waals surface area (Å²) < 4.78 is 11.3. The van der Waals surface area contributed by atoms with Gasteiger partial charge in [-0.15, -0.1) is 0 Å². The molecule has 174 valence electrons. The van der Waals surface area contributed by atoms with Crippen LogP contribution in [0.2, 0.25) is 0 Å². The van der Waals surface area contributed by atoms with E-state index in [1.807, 2.05) is 19.1 Å². The van der Waals surface area contributed by atoms with Crippen LogP contribution in [0.15, 0.2) is 48.2 Å². The number of pyridine rings is 1. The summed E-state index contributed by atoms with van der Waals surface area (Å²) in [6, 6.07) is 8.17. The van der Waals surface area contributed by atoms with Gasteiger partial charge < -0.3 is 9.47 Å². The van der Waals surface area contributed by atoms with Crippen LogP contribution in [0.4, 0.5) is 0 Å². The van der Waals surface area contributed by atoms with E-state index >= 15 is 0 Å². The monoisotopic (exact) mass is 474 g/mol. The third kappa shape index (κ3) is 5.30. The summed E-state index contributed by atoms with van der Waals surface area (Å²) in [6.45, 7) is 7.07. The summed E-state index contributed by atoms with van der Waals surface area (Å²) in [7, 11) is 0. The molecule has 0 radical (unpaired) electrons. The van der Waals surface area contributed by atoms with Gasteiger partial charge in [-0.25, -0.2) is 15.0 Å². The summed E-state index contributed by atoms with van der Waals surface area (Å²) >= 11 is 1.42. The van der Waals surface area contributed by atoms with Gasteiger partial charge in [0.2, 0.25) is 0 Å². The number of hydrogen-bond donors (Lipinski definition) is 0. The SMILES string of the molecule is Cc1ccc2nc(C(C#N)c3ccnc(OCC4=CCC(CN5CCOCC5)C=C4)n3)sc2n1. The Kier molecular flexibility index (Phi) is 6.90. The number of ether oxygens (including phenoxy) is 2. The molecular weight excluding hydrogens is 448 g/mol. The van der Waals surface area contributed by atoms with Crippen LogP contribution in [-0.4, -0.2) is 64.3 Å². The van der Waals surface area contributed by atoms with Gasteiger partial charge in [0.25, 0.3) is 0 Å². The molecule has 2 atom stereocenters. The molecule has 4 heterocycles. The first-order valence-corrected chi connectivity index (χ1v) is 12.3. The Balaban J connectivity index is 1.21. The number of aromatic nitrogens is 4. The van der Waals surface area contributed by atoms with Gasteiger partial charge in [-0.05, 0) is 43.0 Å². The summed E-state index contributed by atoms with van der Waals surface area (Å²) in [5.74, 6) is -0.0792. The smallest absolute Gasteiger partial charge is 0.316 e. The molecule has 9 heteroatoms. The summed E-state index contributed by atoms with van der Waals surface area (Å²) in [6.07, 6.45) is 9.24. The van der Waals surface area contributed by atoms with Crippen molar-refractivity contribution in [3.63, 3.8) is 0 Å². The summed E-state index contributed by atoms with van der Waals surface area (Å²) in [5, 5.41) is 10.5. The average Bonchev–Trinajstić information content (AvgIpc) is 3.28. The Labute approximate surface area is 202 Å². The lowest BCUT2D eigenvalue weighted by Crippen LogP contribution is -2.39. The molecule has 0 amide bonds. The van der Waals surface area contributed by atoms with E-state index in [1.54, 1.807) is 12.3 Å². The molecule has 1 saturated heterocycles. The molecule has 1 fully saturated rings. The Morgan fingerprint density at radius 3 is 2.91 bits per heavy atom. The molecule has 1 aliphatic heterocycles. The highest BCUT2D eigenvalue weighted by molar-refractivity contribution is 7.18. The first-order chi connectivity index (χ1) is 16.7. The number of fused-ring (bicyclic) bond motifs is 1. The maximum atomic E-state index is 9.85. The first-order valence-electron chi connectivity index (χ1n) is 11.4. The number of morpholine rings is 1. The zero-order chi connectivity index (χ0) is 23.3. The molecule has 0 spiro atoms. The van der Waals surface area contributed by atoms with Crippen LogP contribution < -0.4 is 4.74 Å². The van der Waals surface area contributed by atoms with Crippen molar-refractivity contribution in [2.24, 2.45) is 5.92 Å². The second-order valence-electron chi connectivity index (χ2n) is 8.49. The van der Waals surface area contributed by atoms with E-state index in [1.165, 1.54) is 11.3 Å². The van der Waals surface area contributed by atoms with E-state index < -0.39 is 5.92 Å². The van der Waals surface area contributed by atoms with Crippen molar-refractivity contribution in [2.75, 3.05) is 39.5 Å². The van der Waals surface area contributed by atoms with Gasteiger partial charge in [0.15, 0.2) is 0 Å². The number of nitrogens with zero attached hydrogens (tertiary/aromatic N) is 6. The number of aryl methyl sites for hydroxylation is 1. The molecule has 0 aromatic carbocycles. The van der Waals surface area contributed by atoms with Crippen molar-refractivity contribution in [3.8, 4) is 12.1 Å². The van der Waals surface area contributed by atoms with Crippen LogP contribution in [0.3, 0.4) is 0 Å². The Morgan fingerprint density at radius 1 is 1.24 bits per heavy atom. The average molecular weight is 475 g/mol. The van der Waals surface area contributed by atoms with Crippen LogP contribution >= 0.6 is 11.3 Å². The lowest BCUT2D eigenvalue weighted by molar-refractivity contribution is 0.0335. The van der Waals surface area contributed by atoms with Gasteiger partial charge in [0.05, 0.1) is 25.0 Å². The minimum absolute atomic E-state index is 0.262. The van der Waals surface area contributed by atoms with E-state index in [0.717, 1.165) is 60.9 Å². The minimum atomic E-state index is -0.598. The van der Waals surface area contributed by atoms with E-state index in [4.69, 9.17) is 9.47 Å². The standard InChI is InChI=1S/C25H26N6O2S/c1-17-2-7-22-24(28-17)34-23(29-22)20(14-26)21-8-9-27-25(30-21)33-16-19-5-3-18(4-6-19)15-31-10-12-32-13-11-31/h2-3,5-9,18,20H,4,10-13,15-16H2,1H3. The topological polar surface area (TPSA) is 97.0 Å². The fourth-order valence-electron chi connectivity index (χ4n) is 4.10. The number of allylic oxidation sites excluding steroid dienone is 1. The number of thiazole rings is 1. The van der Waals surface area contributed by atoms with E-state index in [2.05, 4.69) is 49.1 Å². The van der Waals surface area contributed by atoms with Crippen molar-refractivity contribution < 1.29 is 9.47 Å². The predicted molar refractivity (Wildman–Crippen MR) is 130 cm³/mol. The van der Waals surface area contributed by atoms with E-state index in [0.29, 0.717) is 23.2 Å². The lowest BCUT2D eigenvalue weighted by atomic mass is 9.96. The minimum Gasteiger partial charge on any atom is -0.459 e. The van der Waals surface area contributed by atoms with Crippen LogP contribution in [0.25, 0.3) is 10.3 Å². The molecule has 8 nitrogen and oxygen atoms in total. The molecule has 1 aliphatic carbocycles. The number of hydrogen-bond acceptors (Lipinski definition) is 9. The van der Waals surface area contributed by atoms with Gasteiger partial charge in [-0.1, -0.05) is 29.6 Å². The summed E-state index contributed by atoms with van der Waals surface area (Å²) in [5.41, 5.74) is 3.39. The maximum Gasteiger partial charge on any atom is 0.316 e. The van der Waals surface area contributed by atoms with Crippen molar-refractivity contribution in [1.82, 2.24) is 24.8 Å². The molecule has 34 heavy (non-hydrogen) atoms. The van der Waals surface area contributed by atoms with E-state index in [9.17, 15) is 5.26 Å². The van der Waals surface area contributed by atoms with Crippen molar-refractivity contribution in [3.05, 3.63) is 64.6 Å².